The first-order chi connectivity index (χ1) is 14.6. The molecule has 2 fully saturated rings. The lowest BCUT2D eigenvalue weighted by Crippen LogP contribution is -2.29. The molecule has 1 heterocycles. The lowest BCUT2D eigenvalue weighted by molar-refractivity contribution is -0.114. The van der Waals surface area contributed by atoms with E-state index in [1.807, 2.05) is 37.3 Å². The first-order valence-electron chi connectivity index (χ1n) is 10.9. The van der Waals surface area contributed by atoms with Crippen LogP contribution in [0.4, 0.5) is 17.1 Å². The fraction of sp³-hybridized carbons (Fsp3) is 0.417. The van der Waals surface area contributed by atoms with Crippen molar-refractivity contribution in [2.24, 2.45) is 0 Å². The normalized spacial score (nSPS) is 16.1. The Hall–Kier alpha value is -3.02. The molecule has 0 spiro atoms. The van der Waals surface area contributed by atoms with Crippen molar-refractivity contribution in [3.63, 3.8) is 0 Å². The molecule has 4 rings (SSSR count). The van der Waals surface area contributed by atoms with Crippen LogP contribution in [0.25, 0.3) is 0 Å². The van der Waals surface area contributed by atoms with Crippen LogP contribution in [0.3, 0.4) is 0 Å². The molecular formula is C24H30N4O2. The van der Waals surface area contributed by atoms with E-state index in [1.54, 1.807) is 0 Å². The number of carbonyl (C=O) groups excluding carboxylic acids is 2. The summed E-state index contributed by atoms with van der Waals surface area (Å²) >= 11 is 0. The third-order valence-corrected chi connectivity index (χ3v) is 5.72. The zero-order chi connectivity index (χ0) is 20.9. The van der Waals surface area contributed by atoms with Gasteiger partial charge < -0.3 is 20.9 Å². The Labute approximate surface area is 178 Å². The summed E-state index contributed by atoms with van der Waals surface area (Å²) in [5.41, 5.74) is 4.41. The van der Waals surface area contributed by atoms with Crippen molar-refractivity contribution in [3.8, 4) is 0 Å². The zero-order valence-corrected chi connectivity index (χ0v) is 17.5. The minimum Gasteiger partial charge on any atom is -0.376 e. The van der Waals surface area contributed by atoms with Gasteiger partial charge >= 0.3 is 0 Å². The molecule has 0 atom stereocenters. The topological polar surface area (TPSA) is 73.5 Å². The van der Waals surface area contributed by atoms with Crippen molar-refractivity contribution in [2.45, 2.75) is 45.1 Å². The summed E-state index contributed by atoms with van der Waals surface area (Å²) in [7, 11) is 0. The molecule has 0 aromatic heterocycles. The maximum absolute atomic E-state index is 12.4. The van der Waals surface area contributed by atoms with Gasteiger partial charge in [0.1, 0.15) is 0 Å². The second-order valence-electron chi connectivity index (χ2n) is 8.27. The number of hydrogen-bond donors (Lipinski definition) is 3. The van der Waals surface area contributed by atoms with Gasteiger partial charge in [0, 0.05) is 41.8 Å². The number of hydrogen-bond acceptors (Lipinski definition) is 4. The third kappa shape index (κ3) is 5.32. The quantitative estimate of drug-likeness (QED) is 0.651. The van der Waals surface area contributed by atoms with Crippen LogP contribution in [0.1, 0.15) is 48.0 Å². The molecule has 1 aliphatic heterocycles. The Morgan fingerprint density at radius 2 is 1.73 bits per heavy atom. The molecule has 0 radical (unpaired) electrons. The highest BCUT2D eigenvalue weighted by Crippen LogP contribution is 2.23. The standard InChI is InChI=1S/C24H30N4O2/c1-17-5-6-18(24(30)27-20-7-8-20)15-22(17)25-16-23(29)26-19-9-11-21(12-10-19)28-13-3-2-4-14-28/h5-6,9-12,15,20,25H,2-4,7-8,13-14,16H2,1H3,(H,26,29)(H,27,30). The Morgan fingerprint density at radius 1 is 1.00 bits per heavy atom. The maximum Gasteiger partial charge on any atom is 0.251 e. The molecule has 2 aromatic carbocycles. The van der Waals surface area contributed by atoms with Gasteiger partial charge in [-0.1, -0.05) is 6.07 Å². The van der Waals surface area contributed by atoms with Crippen LogP contribution in [0.15, 0.2) is 42.5 Å². The van der Waals surface area contributed by atoms with E-state index in [0.29, 0.717) is 11.6 Å². The monoisotopic (exact) mass is 406 g/mol. The van der Waals surface area contributed by atoms with Gasteiger partial charge in [0.15, 0.2) is 0 Å². The highest BCUT2D eigenvalue weighted by Gasteiger charge is 2.24. The van der Waals surface area contributed by atoms with E-state index in [-0.39, 0.29) is 18.4 Å². The van der Waals surface area contributed by atoms with Crippen molar-refractivity contribution in [1.82, 2.24) is 5.32 Å². The molecule has 6 nitrogen and oxygen atoms in total. The predicted molar refractivity (Wildman–Crippen MR) is 121 cm³/mol. The Bertz CT molecular complexity index is 900. The molecular weight excluding hydrogens is 376 g/mol. The number of aryl methyl sites for hydroxylation is 1. The minimum atomic E-state index is -0.118. The van der Waals surface area contributed by atoms with Gasteiger partial charge in [0.25, 0.3) is 5.91 Å². The van der Waals surface area contributed by atoms with Gasteiger partial charge in [-0.15, -0.1) is 0 Å². The van der Waals surface area contributed by atoms with Gasteiger partial charge in [-0.25, -0.2) is 0 Å². The number of amides is 2. The van der Waals surface area contributed by atoms with Crippen molar-refractivity contribution in [1.29, 1.82) is 0 Å². The zero-order valence-electron chi connectivity index (χ0n) is 17.5. The van der Waals surface area contributed by atoms with Crippen molar-refractivity contribution in [2.75, 3.05) is 35.2 Å². The molecule has 3 N–H and O–H groups in total. The summed E-state index contributed by atoms with van der Waals surface area (Å²) in [5.74, 6) is -0.174. The van der Waals surface area contributed by atoms with E-state index in [1.165, 1.54) is 24.9 Å². The lowest BCUT2D eigenvalue weighted by atomic mass is 10.1. The smallest absolute Gasteiger partial charge is 0.251 e. The average Bonchev–Trinajstić information content (AvgIpc) is 3.58. The predicted octanol–water partition coefficient (Wildman–Crippen LogP) is 3.93. The molecule has 0 unspecified atom stereocenters. The summed E-state index contributed by atoms with van der Waals surface area (Å²) in [6.07, 6.45) is 5.91. The molecule has 1 aliphatic carbocycles. The number of benzene rings is 2. The van der Waals surface area contributed by atoms with E-state index in [4.69, 9.17) is 0 Å². The van der Waals surface area contributed by atoms with E-state index in [2.05, 4.69) is 33.0 Å². The molecule has 1 saturated carbocycles. The molecule has 2 aliphatic rings. The highest BCUT2D eigenvalue weighted by molar-refractivity contribution is 5.96. The van der Waals surface area contributed by atoms with Crippen LogP contribution in [-0.4, -0.2) is 37.5 Å². The van der Waals surface area contributed by atoms with Gasteiger partial charge in [-0.05, 0) is 81.0 Å². The second-order valence-corrected chi connectivity index (χ2v) is 8.27. The first kappa shape index (κ1) is 20.3. The van der Waals surface area contributed by atoms with Gasteiger partial charge in [0.2, 0.25) is 5.91 Å². The summed E-state index contributed by atoms with van der Waals surface area (Å²) in [6.45, 7) is 4.31. The van der Waals surface area contributed by atoms with E-state index in [9.17, 15) is 9.59 Å². The van der Waals surface area contributed by atoms with E-state index >= 15 is 0 Å². The third-order valence-electron chi connectivity index (χ3n) is 5.72. The molecule has 2 aromatic rings. The Morgan fingerprint density at radius 3 is 2.43 bits per heavy atom. The second kappa shape index (κ2) is 9.20. The maximum atomic E-state index is 12.4. The first-order valence-corrected chi connectivity index (χ1v) is 10.9. The van der Waals surface area contributed by atoms with Crippen molar-refractivity contribution < 1.29 is 9.59 Å². The van der Waals surface area contributed by atoms with Crippen LogP contribution in [-0.2, 0) is 4.79 Å². The van der Waals surface area contributed by atoms with Gasteiger partial charge in [-0.3, -0.25) is 9.59 Å². The van der Waals surface area contributed by atoms with Crippen molar-refractivity contribution >= 4 is 28.9 Å². The molecule has 2 amide bonds. The number of rotatable bonds is 7. The summed E-state index contributed by atoms with van der Waals surface area (Å²) in [5, 5.41) is 9.09. The number of nitrogens with zero attached hydrogens (tertiary/aromatic N) is 1. The Balaban J connectivity index is 1.30. The SMILES string of the molecule is Cc1ccc(C(=O)NC2CC2)cc1NCC(=O)Nc1ccc(N2CCCCC2)cc1. The van der Waals surface area contributed by atoms with Gasteiger partial charge in [0.05, 0.1) is 6.54 Å². The molecule has 1 saturated heterocycles. The van der Waals surface area contributed by atoms with E-state index < -0.39 is 0 Å². The van der Waals surface area contributed by atoms with Crippen molar-refractivity contribution in [3.05, 3.63) is 53.6 Å². The molecule has 158 valence electrons. The van der Waals surface area contributed by atoms with E-state index in [0.717, 1.165) is 42.9 Å². The molecule has 0 bridgehead atoms. The average molecular weight is 407 g/mol. The number of anilines is 3. The van der Waals surface area contributed by atoms with Crippen LogP contribution in [0.5, 0.6) is 0 Å². The Kier molecular flexibility index (Phi) is 6.21. The number of piperidine rings is 1. The van der Waals surface area contributed by atoms with Gasteiger partial charge in [-0.2, -0.15) is 0 Å². The number of carbonyl (C=O) groups is 2. The lowest BCUT2D eigenvalue weighted by Gasteiger charge is -2.28. The summed E-state index contributed by atoms with van der Waals surface area (Å²) in [4.78, 5) is 27.0. The largest absolute Gasteiger partial charge is 0.376 e. The van der Waals surface area contributed by atoms with Crippen LogP contribution < -0.4 is 20.9 Å². The number of nitrogens with one attached hydrogen (secondary N) is 3. The van der Waals surface area contributed by atoms with Crippen LogP contribution in [0.2, 0.25) is 0 Å². The molecule has 6 heteroatoms. The summed E-state index contributed by atoms with van der Waals surface area (Å²) < 4.78 is 0. The van der Waals surface area contributed by atoms with Crippen LogP contribution >= 0.6 is 0 Å². The molecule has 30 heavy (non-hydrogen) atoms. The minimum absolute atomic E-state index is 0.0567. The van der Waals surface area contributed by atoms with Crippen LogP contribution in [0, 0.1) is 6.92 Å². The highest BCUT2D eigenvalue weighted by atomic mass is 16.2. The summed E-state index contributed by atoms with van der Waals surface area (Å²) in [6, 6.07) is 13.9. The fourth-order valence-electron chi connectivity index (χ4n) is 3.74. The fourth-order valence-corrected chi connectivity index (χ4v) is 3.74.